The number of halogens is 3. The number of carboxylic acid groups (broad SMARTS) is 1. The number of piperidine rings is 1. The highest BCUT2D eigenvalue weighted by molar-refractivity contribution is 7.16. The van der Waals surface area contributed by atoms with Crippen LogP contribution in [0.4, 0.5) is 24.1 Å². The smallest absolute Gasteiger partial charge is 0.416 e. The van der Waals surface area contributed by atoms with Crippen molar-refractivity contribution < 1.29 is 27.9 Å². The van der Waals surface area contributed by atoms with Gasteiger partial charge in [0.1, 0.15) is 11.5 Å². The van der Waals surface area contributed by atoms with Gasteiger partial charge in [-0.05, 0) is 57.0 Å². The minimum absolute atomic E-state index is 0.0895. The average Bonchev–Trinajstić information content (AvgIpc) is 3.38. The number of carboxylic acids is 1. The summed E-state index contributed by atoms with van der Waals surface area (Å²) >= 11 is 1.26. The van der Waals surface area contributed by atoms with E-state index in [4.69, 9.17) is 5.11 Å². The van der Waals surface area contributed by atoms with Crippen LogP contribution in [0.1, 0.15) is 59.1 Å². The number of hydrogen-bond donors (Lipinski definition) is 2. The summed E-state index contributed by atoms with van der Waals surface area (Å²) < 4.78 is 41.0. The number of carbonyl (C=O) groups excluding carboxylic acids is 1. The second-order valence-electron chi connectivity index (χ2n) is 11.4. The van der Waals surface area contributed by atoms with Gasteiger partial charge in [-0.15, -0.1) is 0 Å². The summed E-state index contributed by atoms with van der Waals surface area (Å²) in [6.45, 7) is 8.42. The van der Waals surface area contributed by atoms with Crippen LogP contribution < -0.4 is 10.2 Å². The first kappa shape index (κ1) is 31.8. The van der Waals surface area contributed by atoms with Gasteiger partial charge in [0.05, 0.1) is 30.1 Å². The molecule has 1 amide bonds. The third kappa shape index (κ3) is 7.90. The fourth-order valence-electron chi connectivity index (χ4n) is 5.62. The first-order chi connectivity index (χ1) is 21.0. The van der Waals surface area contributed by atoms with E-state index < -0.39 is 23.6 Å². The van der Waals surface area contributed by atoms with Crippen LogP contribution in [0.3, 0.4) is 0 Å². The molecule has 3 aromatic rings. The van der Waals surface area contributed by atoms with Crippen molar-refractivity contribution in [1.29, 1.82) is 0 Å². The average molecular weight is 632 g/mol. The lowest BCUT2D eigenvalue weighted by Crippen LogP contribution is -2.47. The molecule has 14 heteroatoms. The molecule has 10 nitrogen and oxygen atoms in total. The van der Waals surface area contributed by atoms with Gasteiger partial charge in [-0.2, -0.15) is 13.2 Å². The molecule has 2 aliphatic heterocycles. The van der Waals surface area contributed by atoms with Gasteiger partial charge in [0, 0.05) is 55.8 Å². The standard InChI is InChI=1S/C30H36F3N7O3S/c1-19-13-21(15-22(14-19)30(31,32)33)27-24(18-40-7-4-3-5-20(40)2)44-29(36-27)37-28(43)23-16-35-25(17-34-23)39-11-9-38(10-12-39)8-6-26(41)42/h13-17,20H,3-12,18H2,1-2H3,(H,41,42)(H,36,37,43)/t20-/m1/s1. The highest BCUT2D eigenvalue weighted by Crippen LogP contribution is 2.38. The van der Waals surface area contributed by atoms with E-state index in [1.165, 1.54) is 23.7 Å². The largest absolute Gasteiger partial charge is 0.481 e. The summed E-state index contributed by atoms with van der Waals surface area (Å²) in [5, 5.41) is 12.0. The Labute approximate surface area is 257 Å². The van der Waals surface area contributed by atoms with E-state index in [-0.39, 0.29) is 17.2 Å². The van der Waals surface area contributed by atoms with Crippen molar-refractivity contribution in [3.8, 4) is 11.3 Å². The van der Waals surface area contributed by atoms with Crippen molar-refractivity contribution in [2.45, 2.75) is 58.3 Å². The number of hydrogen-bond acceptors (Lipinski definition) is 9. The number of likely N-dealkylation sites (tertiary alicyclic amines) is 1. The molecule has 0 saturated carbocycles. The van der Waals surface area contributed by atoms with Crippen molar-refractivity contribution >= 4 is 34.2 Å². The summed E-state index contributed by atoms with van der Waals surface area (Å²) in [6.07, 6.45) is 1.78. The van der Waals surface area contributed by atoms with E-state index in [2.05, 4.69) is 37.0 Å². The topological polar surface area (TPSA) is 115 Å². The lowest BCUT2D eigenvalue weighted by atomic mass is 10.0. The molecule has 5 rings (SSSR count). The number of piperazine rings is 1. The molecule has 1 atom stereocenters. The Morgan fingerprint density at radius 3 is 2.50 bits per heavy atom. The molecular weight excluding hydrogens is 595 g/mol. The number of aromatic nitrogens is 3. The van der Waals surface area contributed by atoms with Gasteiger partial charge in [0.25, 0.3) is 5.91 Å². The van der Waals surface area contributed by atoms with E-state index in [0.717, 1.165) is 42.8 Å². The number of benzene rings is 1. The number of thiazole rings is 1. The highest BCUT2D eigenvalue weighted by atomic mass is 32.1. The third-order valence-electron chi connectivity index (χ3n) is 8.09. The molecule has 0 bridgehead atoms. The van der Waals surface area contributed by atoms with Crippen LogP contribution in [0.25, 0.3) is 11.3 Å². The Hall–Kier alpha value is -3.62. The molecule has 0 aliphatic carbocycles. The SMILES string of the molecule is Cc1cc(-c2nc(NC(=O)c3cnc(N4CCN(CCC(=O)O)CC4)cn3)sc2CN2CCCC[C@H]2C)cc(C(F)(F)F)c1. The van der Waals surface area contributed by atoms with E-state index in [1.807, 2.05) is 4.90 Å². The zero-order chi connectivity index (χ0) is 31.4. The molecule has 0 radical (unpaired) electrons. The van der Waals surface area contributed by atoms with Crippen molar-refractivity contribution in [2.24, 2.45) is 0 Å². The minimum atomic E-state index is -4.49. The summed E-state index contributed by atoms with van der Waals surface area (Å²) in [5.41, 5.74) is 0.622. The number of alkyl halides is 3. The summed E-state index contributed by atoms with van der Waals surface area (Å²) in [4.78, 5) is 44.5. The molecule has 2 fully saturated rings. The normalized spacial score (nSPS) is 18.4. The fraction of sp³-hybridized carbons (Fsp3) is 0.500. The van der Waals surface area contributed by atoms with Crippen molar-refractivity contribution in [2.75, 3.05) is 49.5 Å². The molecule has 2 N–H and O–H groups in total. The van der Waals surface area contributed by atoms with Crippen molar-refractivity contribution in [1.82, 2.24) is 24.8 Å². The Balaban J connectivity index is 1.32. The lowest BCUT2D eigenvalue weighted by Gasteiger charge is -2.34. The number of carbonyl (C=O) groups is 2. The zero-order valence-electron chi connectivity index (χ0n) is 24.7. The lowest BCUT2D eigenvalue weighted by molar-refractivity contribution is -0.138. The maximum absolute atomic E-state index is 13.7. The Kier molecular flexibility index (Phi) is 9.81. The van der Waals surface area contributed by atoms with E-state index in [0.29, 0.717) is 67.9 Å². The number of rotatable bonds is 9. The number of aryl methyl sites for hydroxylation is 1. The fourth-order valence-corrected chi connectivity index (χ4v) is 6.62. The molecule has 2 saturated heterocycles. The Morgan fingerprint density at radius 1 is 1.07 bits per heavy atom. The van der Waals surface area contributed by atoms with Crippen LogP contribution >= 0.6 is 11.3 Å². The van der Waals surface area contributed by atoms with Gasteiger partial charge < -0.3 is 10.0 Å². The zero-order valence-corrected chi connectivity index (χ0v) is 25.5. The maximum Gasteiger partial charge on any atom is 0.416 e. The Morgan fingerprint density at radius 2 is 1.84 bits per heavy atom. The maximum atomic E-state index is 13.7. The molecule has 2 aromatic heterocycles. The number of nitrogens with one attached hydrogen (secondary N) is 1. The molecular formula is C30H36F3N7O3S. The summed E-state index contributed by atoms with van der Waals surface area (Å²) in [6, 6.07) is 4.26. The first-order valence-corrected chi connectivity index (χ1v) is 15.5. The predicted octanol–water partition coefficient (Wildman–Crippen LogP) is 5.15. The first-order valence-electron chi connectivity index (χ1n) is 14.7. The van der Waals surface area contributed by atoms with E-state index >= 15 is 0 Å². The van der Waals surface area contributed by atoms with Gasteiger partial charge in [-0.3, -0.25) is 24.7 Å². The van der Waals surface area contributed by atoms with Crippen LogP contribution in [-0.4, -0.2) is 87.0 Å². The van der Waals surface area contributed by atoms with Crippen molar-refractivity contribution in [3.05, 3.63) is 52.3 Å². The number of aliphatic carboxylic acids is 1. The minimum Gasteiger partial charge on any atom is -0.481 e. The number of amides is 1. The Bertz CT molecular complexity index is 1470. The van der Waals surface area contributed by atoms with Crippen LogP contribution in [-0.2, 0) is 17.5 Å². The highest BCUT2D eigenvalue weighted by Gasteiger charge is 2.32. The number of nitrogens with zero attached hydrogens (tertiary/aromatic N) is 6. The van der Waals surface area contributed by atoms with Gasteiger partial charge in [0.2, 0.25) is 0 Å². The van der Waals surface area contributed by atoms with Crippen LogP contribution in [0, 0.1) is 6.92 Å². The van der Waals surface area contributed by atoms with E-state index in [1.54, 1.807) is 13.0 Å². The van der Waals surface area contributed by atoms with Gasteiger partial charge in [0.15, 0.2) is 5.13 Å². The van der Waals surface area contributed by atoms with Gasteiger partial charge in [-0.1, -0.05) is 17.8 Å². The molecule has 0 unspecified atom stereocenters. The predicted molar refractivity (Wildman–Crippen MR) is 162 cm³/mol. The monoisotopic (exact) mass is 631 g/mol. The molecule has 44 heavy (non-hydrogen) atoms. The number of anilines is 2. The second-order valence-corrected chi connectivity index (χ2v) is 12.5. The third-order valence-corrected chi connectivity index (χ3v) is 9.05. The quantitative estimate of drug-likeness (QED) is 0.331. The molecule has 4 heterocycles. The van der Waals surface area contributed by atoms with Gasteiger partial charge >= 0.3 is 12.1 Å². The molecule has 2 aliphatic rings. The molecule has 236 valence electrons. The summed E-state index contributed by atoms with van der Waals surface area (Å²) in [5.74, 6) is -0.713. The molecule has 0 spiro atoms. The van der Waals surface area contributed by atoms with E-state index in [9.17, 15) is 22.8 Å². The summed E-state index contributed by atoms with van der Waals surface area (Å²) in [7, 11) is 0. The van der Waals surface area contributed by atoms with Crippen molar-refractivity contribution in [3.63, 3.8) is 0 Å². The van der Waals surface area contributed by atoms with Crippen LogP contribution in [0.15, 0.2) is 30.6 Å². The van der Waals surface area contributed by atoms with Crippen LogP contribution in [0.2, 0.25) is 0 Å². The van der Waals surface area contributed by atoms with Crippen LogP contribution in [0.5, 0.6) is 0 Å². The molecule has 1 aromatic carbocycles. The van der Waals surface area contributed by atoms with Gasteiger partial charge in [-0.25, -0.2) is 15.0 Å². The second kappa shape index (κ2) is 13.6.